The molecular formula is C17H15N5O3. The Kier molecular flexibility index (Phi) is 4.25. The Morgan fingerprint density at radius 3 is 2.52 bits per heavy atom. The van der Waals surface area contributed by atoms with Gasteiger partial charge in [0.15, 0.2) is 5.82 Å². The third-order valence-electron chi connectivity index (χ3n) is 3.83. The maximum absolute atomic E-state index is 12.4. The molecule has 1 amide bonds. The van der Waals surface area contributed by atoms with Crippen LogP contribution < -0.4 is 5.32 Å². The molecular weight excluding hydrogens is 322 g/mol. The second-order valence-electron chi connectivity index (χ2n) is 5.38. The van der Waals surface area contributed by atoms with E-state index >= 15 is 0 Å². The summed E-state index contributed by atoms with van der Waals surface area (Å²) in [6.07, 6.45) is 1.51. The van der Waals surface area contributed by atoms with Crippen molar-refractivity contribution in [3.8, 4) is 22.5 Å². The van der Waals surface area contributed by atoms with Crippen LogP contribution in [0.5, 0.6) is 0 Å². The third-order valence-corrected chi connectivity index (χ3v) is 3.83. The summed E-state index contributed by atoms with van der Waals surface area (Å²) >= 11 is 0. The third kappa shape index (κ3) is 2.97. The van der Waals surface area contributed by atoms with Crippen LogP contribution in [0, 0.1) is 10.1 Å². The molecule has 0 radical (unpaired) electrons. The van der Waals surface area contributed by atoms with Crippen LogP contribution in [0.4, 0.5) is 5.69 Å². The highest BCUT2D eigenvalue weighted by Gasteiger charge is 2.25. The first-order chi connectivity index (χ1) is 12.0. The molecule has 1 aromatic heterocycles. The van der Waals surface area contributed by atoms with E-state index < -0.39 is 10.8 Å². The molecule has 8 nitrogen and oxygen atoms in total. The first-order valence-electron chi connectivity index (χ1n) is 7.47. The largest absolute Gasteiger partial charge is 0.355 e. The molecule has 1 heterocycles. The molecule has 0 fully saturated rings. The molecule has 0 spiro atoms. The SMILES string of the molecule is CNC(=O)c1cc([N+](=O)[O-])cc(-c2ccccc2)c1-c1nncn1C. The van der Waals surface area contributed by atoms with Gasteiger partial charge >= 0.3 is 0 Å². The van der Waals surface area contributed by atoms with Crippen molar-refractivity contribution in [1.29, 1.82) is 0 Å². The Balaban J connectivity index is 2.42. The van der Waals surface area contributed by atoms with Gasteiger partial charge in [0, 0.05) is 37.4 Å². The number of non-ortho nitro benzene ring substituents is 1. The van der Waals surface area contributed by atoms with Gasteiger partial charge in [0.25, 0.3) is 11.6 Å². The first-order valence-corrected chi connectivity index (χ1v) is 7.47. The Hall–Kier alpha value is -3.55. The van der Waals surface area contributed by atoms with Crippen LogP contribution in [0.1, 0.15) is 10.4 Å². The number of carbonyl (C=O) groups excluding carboxylic acids is 1. The van der Waals surface area contributed by atoms with Crippen molar-refractivity contribution in [3.05, 3.63) is 64.5 Å². The number of aryl methyl sites for hydroxylation is 1. The van der Waals surface area contributed by atoms with E-state index in [0.29, 0.717) is 17.0 Å². The molecule has 0 saturated heterocycles. The first kappa shape index (κ1) is 16.3. The maximum atomic E-state index is 12.4. The summed E-state index contributed by atoms with van der Waals surface area (Å²) in [6, 6.07) is 11.9. The smallest absolute Gasteiger partial charge is 0.270 e. The summed E-state index contributed by atoms with van der Waals surface area (Å²) in [5.74, 6) is 0.0197. The van der Waals surface area contributed by atoms with E-state index in [9.17, 15) is 14.9 Å². The highest BCUT2D eigenvalue weighted by molar-refractivity contribution is 6.04. The van der Waals surface area contributed by atoms with Gasteiger partial charge in [-0.3, -0.25) is 14.9 Å². The van der Waals surface area contributed by atoms with Crippen molar-refractivity contribution in [1.82, 2.24) is 20.1 Å². The van der Waals surface area contributed by atoms with Crippen LogP contribution >= 0.6 is 0 Å². The van der Waals surface area contributed by atoms with Crippen molar-refractivity contribution in [2.24, 2.45) is 7.05 Å². The van der Waals surface area contributed by atoms with E-state index in [1.807, 2.05) is 30.3 Å². The zero-order valence-corrected chi connectivity index (χ0v) is 13.6. The van der Waals surface area contributed by atoms with Gasteiger partial charge in [0.2, 0.25) is 0 Å². The highest BCUT2D eigenvalue weighted by atomic mass is 16.6. The average molecular weight is 337 g/mol. The molecule has 25 heavy (non-hydrogen) atoms. The van der Waals surface area contributed by atoms with E-state index in [2.05, 4.69) is 15.5 Å². The normalized spacial score (nSPS) is 10.5. The Morgan fingerprint density at radius 1 is 1.24 bits per heavy atom. The molecule has 0 aliphatic heterocycles. The predicted octanol–water partition coefficient (Wildman–Crippen LogP) is 2.42. The summed E-state index contributed by atoms with van der Waals surface area (Å²) in [5, 5.41) is 21.8. The van der Waals surface area contributed by atoms with Crippen molar-refractivity contribution in [2.45, 2.75) is 0 Å². The lowest BCUT2D eigenvalue weighted by Crippen LogP contribution is -2.20. The molecule has 0 bridgehead atoms. The molecule has 3 aromatic rings. The van der Waals surface area contributed by atoms with E-state index in [0.717, 1.165) is 5.56 Å². The van der Waals surface area contributed by atoms with Gasteiger partial charge in [-0.1, -0.05) is 30.3 Å². The maximum Gasteiger partial charge on any atom is 0.270 e. The zero-order chi connectivity index (χ0) is 18.0. The van der Waals surface area contributed by atoms with Crippen LogP contribution in [0.25, 0.3) is 22.5 Å². The van der Waals surface area contributed by atoms with Gasteiger partial charge in [-0.25, -0.2) is 0 Å². The Bertz CT molecular complexity index is 950. The lowest BCUT2D eigenvalue weighted by Gasteiger charge is -2.14. The second kappa shape index (κ2) is 6.52. The lowest BCUT2D eigenvalue weighted by atomic mass is 9.93. The number of rotatable bonds is 4. The van der Waals surface area contributed by atoms with Crippen LogP contribution in [0.15, 0.2) is 48.8 Å². The average Bonchev–Trinajstić information content (AvgIpc) is 3.06. The number of benzene rings is 2. The van der Waals surface area contributed by atoms with Crippen molar-refractivity contribution in [3.63, 3.8) is 0 Å². The minimum Gasteiger partial charge on any atom is -0.355 e. The number of nitrogens with zero attached hydrogens (tertiary/aromatic N) is 4. The number of carbonyl (C=O) groups is 1. The van der Waals surface area contributed by atoms with E-state index in [-0.39, 0.29) is 11.3 Å². The van der Waals surface area contributed by atoms with Gasteiger partial charge in [0.05, 0.1) is 10.5 Å². The zero-order valence-electron chi connectivity index (χ0n) is 13.6. The van der Waals surface area contributed by atoms with Gasteiger partial charge in [0.1, 0.15) is 6.33 Å². The molecule has 0 aliphatic carbocycles. The molecule has 8 heteroatoms. The number of nitro groups is 1. The van der Waals surface area contributed by atoms with E-state index in [1.54, 1.807) is 11.6 Å². The fraction of sp³-hybridized carbons (Fsp3) is 0.118. The molecule has 0 atom stereocenters. The highest BCUT2D eigenvalue weighted by Crippen LogP contribution is 2.37. The van der Waals surface area contributed by atoms with Crippen LogP contribution in [0.2, 0.25) is 0 Å². The molecule has 126 valence electrons. The fourth-order valence-corrected chi connectivity index (χ4v) is 2.64. The van der Waals surface area contributed by atoms with Crippen LogP contribution in [-0.4, -0.2) is 32.6 Å². The molecule has 0 saturated carbocycles. The van der Waals surface area contributed by atoms with E-state index in [4.69, 9.17) is 0 Å². The number of nitrogens with one attached hydrogen (secondary N) is 1. The van der Waals surface area contributed by atoms with Gasteiger partial charge in [-0.15, -0.1) is 10.2 Å². The number of nitro benzene ring substituents is 1. The van der Waals surface area contributed by atoms with Crippen molar-refractivity contribution < 1.29 is 9.72 Å². The molecule has 0 aliphatic rings. The van der Waals surface area contributed by atoms with Gasteiger partial charge in [-0.2, -0.15) is 0 Å². The molecule has 2 aromatic carbocycles. The standard InChI is InChI=1S/C17H15N5O3/c1-18-17(23)14-9-12(22(24)25)8-13(11-6-4-3-5-7-11)15(14)16-20-19-10-21(16)2/h3-10H,1-2H3,(H,18,23). The lowest BCUT2D eigenvalue weighted by molar-refractivity contribution is -0.384. The second-order valence-corrected chi connectivity index (χ2v) is 5.38. The van der Waals surface area contributed by atoms with Gasteiger partial charge in [-0.05, 0) is 5.56 Å². The summed E-state index contributed by atoms with van der Waals surface area (Å²) < 4.78 is 1.67. The van der Waals surface area contributed by atoms with Gasteiger partial charge < -0.3 is 9.88 Å². The summed E-state index contributed by atoms with van der Waals surface area (Å²) in [4.78, 5) is 23.2. The summed E-state index contributed by atoms with van der Waals surface area (Å²) in [7, 11) is 3.23. The Morgan fingerprint density at radius 2 is 1.96 bits per heavy atom. The van der Waals surface area contributed by atoms with E-state index in [1.165, 1.54) is 25.5 Å². The monoisotopic (exact) mass is 337 g/mol. The summed E-state index contributed by atoms with van der Waals surface area (Å²) in [6.45, 7) is 0. The number of aromatic nitrogens is 3. The number of amides is 1. The minimum atomic E-state index is -0.515. The fourth-order valence-electron chi connectivity index (χ4n) is 2.64. The molecule has 0 unspecified atom stereocenters. The predicted molar refractivity (Wildman–Crippen MR) is 91.9 cm³/mol. The Labute approximate surface area is 143 Å². The van der Waals surface area contributed by atoms with Crippen LogP contribution in [0.3, 0.4) is 0 Å². The number of hydrogen-bond donors (Lipinski definition) is 1. The molecule has 3 rings (SSSR count). The van der Waals surface area contributed by atoms with Crippen molar-refractivity contribution >= 4 is 11.6 Å². The topological polar surface area (TPSA) is 103 Å². The minimum absolute atomic E-state index is 0.164. The molecule has 1 N–H and O–H groups in total. The van der Waals surface area contributed by atoms with Crippen LogP contribution in [-0.2, 0) is 7.05 Å². The van der Waals surface area contributed by atoms with Crippen molar-refractivity contribution in [2.75, 3.05) is 7.05 Å². The number of hydrogen-bond acceptors (Lipinski definition) is 5. The summed E-state index contributed by atoms with van der Waals surface area (Å²) in [5.41, 5.74) is 1.80. The quantitative estimate of drug-likeness (QED) is 0.582.